The Kier molecular flexibility index (Phi) is 3.71. The van der Waals surface area contributed by atoms with E-state index in [0.29, 0.717) is 6.04 Å². The summed E-state index contributed by atoms with van der Waals surface area (Å²) >= 11 is 6.10. The molecule has 0 fully saturated rings. The number of aryl methyl sites for hydroxylation is 1. The van der Waals surface area contributed by atoms with E-state index < -0.39 is 0 Å². The molecular weight excluding hydrogens is 278 g/mol. The number of benzene rings is 2. The molecule has 1 aliphatic rings. The first-order chi connectivity index (χ1) is 9.95. The molecule has 0 amide bonds. The highest BCUT2D eigenvalue weighted by Crippen LogP contribution is 2.37. The summed E-state index contributed by atoms with van der Waals surface area (Å²) in [7, 11) is 0. The number of fused-ring (bicyclic) bond motifs is 1. The van der Waals surface area contributed by atoms with E-state index in [1.54, 1.807) is 0 Å². The fourth-order valence-corrected chi connectivity index (χ4v) is 3.38. The third-order valence-corrected chi connectivity index (χ3v) is 4.48. The normalized spacial score (nSPS) is 17.6. The van der Waals surface area contributed by atoms with Gasteiger partial charge in [-0.25, -0.2) is 0 Å². The van der Waals surface area contributed by atoms with Gasteiger partial charge in [-0.05, 0) is 53.1 Å². The van der Waals surface area contributed by atoms with E-state index >= 15 is 0 Å². The van der Waals surface area contributed by atoms with Gasteiger partial charge >= 0.3 is 0 Å². The standard InChI is InChI=1S/C19H22ClN/c1-19(2,3)16-6-4-5-7-18(16)21-17-11-8-13-12-14(20)9-10-15(13)17/h4-7,9-10,12,17,21H,8,11H2,1-3H3. The fourth-order valence-electron chi connectivity index (χ4n) is 3.19. The Hall–Kier alpha value is -1.47. The van der Waals surface area contributed by atoms with Gasteiger partial charge in [0.15, 0.2) is 0 Å². The van der Waals surface area contributed by atoms with Gasteiger partial charge in [-0.2, -0.15) is 0 Å². The van der Waals surface area contributed by atoms with E-state index in [1.807, 2.05) is 6.07 Å². The summed E-state index contributed by atoms with van der Waals surface area (Å²) in [6, 6.07) is 15.3. The van der Waals surface area contributed by atoms with Crippen molar-refractivity contribution in [3.8, 4) is 0 Å². The van der Waals surface area contributed by atoms with Crippen molar-refractivity contribution in [2.24, 2.45) is 0 Å². The lowest BCUT2D eigenvalue weighted by Gasteiger charge is -2.26. The van der Waals surface area contributed by atoms with Crippen molar-refractivity contribution < 1.29 is 0 Å². The molecule has 110 valence electrons. The molecule has 0 heterocycles. The van der Waals surface area contributed by atoms with Crippen LogP contribution in [0.15, 0.2) is 42.5 Å². The highest BCUT2D eigenvalue weighted by atomic mass is 35.5. The molecule has 1 nitrogen and oxygen atoms in total. The van der Waals surface area contributed by atoms with Crippen molar-refractivity contribution in [2.75, 3.05) is 5.32 Å². The Labute approximate surface area is 132 Å². The molecule has 3 rings (SSSR count). The van der Waals surface area contributed by atoms with Crippen LogP contribution >= 0.6 is 11.6 Å². The number of halogens is 1. The quantitative estimate of drug-likeness (QED) is 0.746. The summed E-state index contributed by atoms with van der Waals surface area (Å²) in [6.07, 6.45) is 2.24. The smallest absolute Gasteiger partial charge is 0.0519 e. The second kappa shape index (κ2) is 5.38. The molecular formula is C19H22ClN. The lowest BCUT2D eigenvalue weighted by Crippen LogP contribution is -2.16. The summed E-state index contributed by atoms with van der Waals surface area (Å²) in [5.74, 6) is 0. The number of hydrogen-bond donors (Lipinski definition) is 1. The molecule has 2 aromatic carbocycles. The first-order valence-corrected chi connectivity index (χ1v) is 7.97. The van der Waals surface area contributed by atoms with Crippen LogP contribution in [0.25, 0.3) is 0 Å². The lowest BCUT2D eigenvalue weighted by atomic mass is 9.85. The van der Waals surface area contributed by atoms with Crippen LogP contribution in [0.5, 0.6) is 0 Å². The minimum atomic E-state index is 0.144. The zero-order valence-electron chi connectivity index (χ0n) is 12.9. The first kappa shape index (κ1) is 14.5. The SMILES string of the molecule is CC(C)(C)c1ccccc1NC1CCc2cc(Cl)ccc21. The Balaban J connectivity index is 1.90. The van der Waals surface area contributed by atoms with Crippen molar-refractivity contribution >= 4 is 17.3 Å². The second-order valence-electron chi connectivity index (χ2n) is 6.87. The first-order valence-electron chi connectivity index (χ1n) is 7.59. The van der Waals surface area contributed by atoms with Gasteiger partial charge in [0.2, 0.25) is 0 Å². The molecule has 21 heavy (non-hydrogen) atoms. The molecule has 0 bridgehead atoms. The Morgan fingerprint density at radius 1 is 1.10 bits per heavy atom. The highest BCUT2D eigenvalue weighted by Gasteiger charge is 2.24. The summed E-state index contributed by atoms with van der Waals surface area (Å²) < 4.78 is 0. The Morgan fingerprint density at radius 2 is 1.86 bits per heavy atom. The van der Waals surface area contributed by atoms with Crippen molar-refractivity contribution in [3.63, 3.8) is 0 Å². The fraction of sp³-hybridized carbons (Fsp3) is 0.368. The van der Waals surface area contributed by atoms with Gasteiger partial charge in [-0.3, -0.25) is 0 Å². The molecule has 0 aromatic heterocycles. The van der Waals surface area contributed by atoms with Gasteiger partial charge in [-0.1, -0.05) is 56.6 Å². The van der Waals surface area contributed by atoms with E-state index in [2.05, 4.69) is 62.5 Å². The molecule has 1 atom stereocenters. The predicted molar refractivity (Wildman–Crippen MR) is 91.3 cm³/mol. The maximum Gasteiger partial charge on any atom is 0.0519 e. The maximum atomic E-state index is 6.10. The van der Waals surface area contributed by atoms with E-state index in [1.165, 1.54) is 22.4 Å². The van der Waals surface area contributed by atoms with Crippen LogP contribution in [-0.2, 0) is 11.8 Å². The molecule has 0 aliphatic heterocycles. The lowest BCUT2D eigenvalue weighted by molar-refractivity contribution is 0.590. The van der Waals surface area contributed by atoms with Crippen molar-refractivity contribution in [1.29, 1.82) is 0 Å². The number of rotatable bonds is 2. The molecule has 0 spiro atoms. The highest BCUT2D eigenvalue weighted by molar-refractivity contribution is 6.30. The van der Waals surface area contributed by atoms with Crippen LogP contribution in [0.3, 0.4) is 0 Å². The van der Waals surface area contributed by atoms with Crippen LogP contribution in [0, 0.1) is 0 Å². The van der Waals surface area contributed by atoms with Crippen molar-refractivity contribution in [2.45, 2.75) is 45.1 Å². The summed E-state index contributed by atoms with van der Waals surface area (Å²) in [5, 5.41) is 4.59. The van der Waals surface area contributed by atoms with E-state index in [9.17, 15) is 0 Å². The molecule has 0 saturated heterocycles. The molecule has 0 saturated carbocycles. The molecule has 1 N–H and O–H groups in total. The van der Waals surface area contributed by atoms with Crippen LogP contribution in [-0.4, -0.2) is 0 Å². The minimum Gasteiger partial charge on any atom is -0.378 e. The van der Waals surface area contributed by atoms with Gasteiger partial charge < -0.3 is 5.32 Å². The van der Waals surface area contributed by atoms with E-state index in [-0.39, 0.29) is 5.41 Å². The van der Waals surface area contributed by atoms with Crippen LogP contribution in [0.4, 0.5) is 5.69 Å². The largest absolute Gasteiger partial charge is 0.378 e. The molecule has 2 heteroatoms. The number of anilines is 1. The average Bonchev–Trinajstić information content (AvgIpc) is 2.80. The van der Waals surface area contributed by atoms with Crippen LogP contribution in [0.1, 0.15) is 49.9 Å². The van der Waals surface area contributed by atoms with Gasteiger partial charge in [0.05, 0.1) is 6.04 Å². The third kappa shape index (κ3) is 2.94. The zero-order valence-corrected chi connectivity index (χ0v) is 13.7. The molecule has 1 unspecified atom stereocenters. The summed E-state index contributed by atoms with van der Waals surface area (Å²) in [6.45, 7) is 6.78. The second-order valence-corrected chi connectivity index (χ2v) is 7.31. The number of para-hydroxylation sites is 1. The van der Waals surface area contributed by atoms with E-state index in [0.717, 1.165) is 17.9 Å². The van der Waals surface area contributed by atoms with Gasteiger partial charge in [0, 0.05) is 10.7 Å². The third-order valence-electron chi connectivity index (χ3n) is 4.25. The van der Waals surface area contributed by atoms with Crippen LogP contribution < -0.4 is 5.32 Å². The monoisotopic (exact) mass is 299 g/mol. The van der Waals surface area contributed by atoms with Crippen LogP contribution in [0.2, 0.25) is 5.02 Å². The molecule has 1 aliphatic carbocycles. The summed E-state index contributed by atoms with van der Waals surface area (Å²) in [4.78, 5) is 0. The van der Waals surface area contributed by atoms with Gasteiger partial charge in [-0.15, -0.1) is 0 Å². The average molecular weight is 300 g/mol. The summed E-state index contributed by atoms with van der Waals surface area (Å²) in [5.41, 5.74) is 5.53. The topological polar surface area (TPSA) is 12.0 Å². The molecule has 2 aromatic rings. The number of hydrogen-bond acceptors (Lipinski definition) is 1. The van der Waals surface area contributed by atoms with Gasteiger partial charge in [0.25, 0.3) is 0 Å². The number of nitrogens with one attached hydrogen (secondary N) is 1. The van der Waals surface area contributed by atoms with Gasteiger partial charge in [0.1, 0.15) is 0 Å². The zero-order chi connectivity index (χ0) is 15.0. The Bertz CT molecular complexity index is 655. The van der Waals surface area contributed by atoms with Crippen molar-refractivity contribution in [3.05, 3.63) is 64.2 Å². The maximum absolute atomic E-state index is 6.10. The van der Waals surface area contributed by atoms with Crippen molar-refractivity contribution in [1.82, 2.24) is 0 Å². The molecule has 0 radical (unpaired) electrons. The van der Waals surface area contributed by atoms with E-state index in [4.69, 9.17) is 11.6 Å². The minimum absolute atomic E-state index is 0.144. The Morgan fingerprint density at radius 3 is 2.62 bits per heavy atom. The predicted octanol–water partition coefficient (Wildman–Crippen LogP) is 5.74.